The van der Waals surface area contributed by atoms with Crippen molar-refractivity contribution < 1.29 is 0 Å². The Bertz CT molecular complexity index is 407. The van der Waals surface area contributed by atoms with Gasteiger partial charge in [0.15, 0.2) is 0 Å². The van der Waals surface area contributed by atoms with Crippen LogP contribution in [-0.4, -0.2) is 24.1 Å². The van der Waals surface area contributed by atoms with Crippen molar-refractivity contribution in [2.45, 2.75) is 43.4 Å². The first-order valence-electron chi connectivity index (χ1n) is 6.92. The van der Waals surface area contributed by atoms with Crippen LogP contribution < -0.4 is 5.32 Å². The van der Waals surface area contributed by atoms with E-state index < -0.39 is 0 Å². The quantitative estimate of drug-likeness (QED) is 0.771. The topological polar surface area (TPSA) is 12.0 Å². The molecule has 0 radical (unpaired) electrons. The second-order valence-corrected chi connectivity index (χ2v) is 7.82. The third-order valence-corrected chi connectivity index (χ3v) is 6.11. The fourth-order valence-corrected chi connectivity index (χ4v) is 4.71. The molecule has 106 valence electrons. The van der Waals surface area contributed by atoms with E-state index in [1.807, 2.05) is 13.1 Å². The Hall–Kier alpha value is 0.300. The maximum absolute atomic E-state index is 6.29. The van der Waals surface area contributed by atoms with Crippen LogP contribution in [0.4, 0.5) is 0 Å². The van der Waals surface area contributed by atoms with Crippen molar-refractivity contribution in [3.63, 3.8) is 0 Å². The fraction of sp³-hybridized carbons (Fsp3) is 0.600. The normalized spacial score (nSPS) is 17.8. The van der Waals surface area contributed by atoms with Gasteiger partial charge in [0.05, 0.1) is 0 Å². The van der Waals surface area contributed by atoms with E-state index in [1.54, 1.807) is 0 Å². The second kappa shape index (κ2) is 7.92. The first kappa shape index (κ1) is 15.7. The van der Waals surface area contributed by atoms with Crippen LogP contribution in [0.1, 0.15) is 31.2 Å². The van der Waals surface area contributed by atoms with Gasteiger partial charge in [-0.1, -0.05) is 46.4 Å². The highest BCUT2D eigenvalue weighted by Gasteiger charge is 2.18. The first-order chi connectivity index (χ1) is 9.19. The molecule has 1 aliphatic rings. The molecule has 1 aliphatic carbocycles. The van der Waals surface area contributed by atoms with Crippen LogP contribution in [0.15, 0.2) is 22.7 Å². The molecule has 0 aromatic heterocycles. The third kappa shape index (κ3) is 4.96. The molecule has 1 fully saturated rings. The van der Waals surface area contributed by atoms with Crippen LogP contribution in [0.5, 0.6) is 0 Å². The van der Waals surface area contributed by atoms with Crippen LogP contribution >= 0.6 is 39.3 Å². The van der Waals surface area contributed by atoms with Crippen molar-refractivity contribution >= 4 is 39.3 Å². The van der Waals surface area contributed by atoms with E-state index in [9.17, 15) is 0 Å². The monoisotopic (exact) mass is 361 g/mol. The summed E-state index contributed by atoms with van der Waals surface area (Å²) in [6.07, 6.45) is 6.64. The Morgan fingerprint density at radius 1 is 1.42 bits per heavy atom. The van der Waals surface area contributed by atoms with Gasteiger partial charge in [-0.2, -0.15) is 11.8 Å². The Kier molecular flexibility index (Phi) is 6.54. The number of halogens is 2. The van der Waals surface area contributed by atoms with E-state index in [0.29, 0.717) is 6.04 Å². The summed E-state index contributed by atoms with van der Waals surface area (Å²) in [5.41, 5.74) is 1.23. The summed E-state index contributed by atoms with van der Waals surface area (Å²) in [6, 6.07) is 6.67. The predicted octanol–water partition coefficient (Wildman–Crippen LogP) is 4.91. The number of benzene rings is 1. The summed E-state index contributed by atoms with van der Waals surface area (Å²) in [4.78, 5) is 0. The van der Waals surface area contributed by atoms with Crippen molar-refractivity contribution in [3.05, 3.63) is 33.3 Å². The smallest absolute Gasteiger partial charge is 0.0449 e. The van der Waals surface area contributed by atoms with Crippen LogP contribution in [0, 0.1) is 0 Å². The summed E-state index contributed by atoms with van der Waals surface area (Å²) in [5.74, 6) is 1.17. The van der Waals surface area contributed by atoms with Gasteiger partial charge in [-0.15, -0.1) is 0 Å². The van der Waals surface area contributed by atoms with Crippen LogP contribution in [0.2, 0.25) is 5.02 Å². The highest BCUT2D eigenvalue weighted by Crippen LogP contribution is 2.30. The van der Waals surface area contributed by atoms with Gasteiger partial charge in [0, 0.05) is 26.5 Å². The van der Waals surface area contributed by atoms with Gasteiger partial charge in [0.25, 0.3) is 0 Å². The van der Waals surface area contributed by atoms with E-state index in [-0.39, 0.29) is 0 Å². The Morgan fingerprint density at radius 2 is 2.16 bits per heavy atom. The maximum atomic E-state index is 6.29. The fourth-order valence-electron chi connectivity index (χ4n) is 2.50. The lowest BCUT2D eigenvalue weighted by Crippen LogP contribution is -2.30. The van der Waals surface area contributed by atoms with Crippen molar-refractivity contribution in [2.75, 3.05) is 12.8 Å². The van der Waals surface area contributed by atoms with E-state index >= 15 is 0 Å². The number of hydrogen-bond acceptors (Lipinski definition) is 2. The molecule has 1 nitrogen and oxygen atoms in total. The van der Waals surface area contributed by atoms with Crippen LogP contribution in [0.25, 0.3) is 0 Å². The lowest BCUT2D eigenvalue weighted by atomic mass is 10.1. The largest absolute Gasteiger partial charge is 0.316 e. The molecule has 19 heavy (non-hydrogen) atoms. The minimum atomic E-state index is 0.504. The molecule has 1 unspecified atom stereocenters. The van der Waals surface area contributed by atoms with E-state index in [1.165, 1.54) is 37.0 Å². The van der Waals surface area contributed by atoms with Gasteiger partial charge < -0.3 is 5.32 Å². The number of nitrogens with one attached hydrogen (secondary N) is 1. The average Bonchev–Trinajstić information content (AvgIpc) is 2.90. The van der Waals surface area contributed by atoms with Crippen molar-refractivity contribution in [1.82, 2.24) is 5.32 Å². The number of hydrogen-bond donors (Lipinski definition) is 1. The zero-order valence-electron chi connectivity index (χ0n) is 11.3. The van der Waals surface area contributed by atoms with Gasteiger partial charge in [0.1, 0.15) is 0 Å². The Morgan fingerprint density at radius 3 is 2.79 bits per heavy atom. The van der Waals surface area contributed by atoms with E-state index in [4.69, 9.17) is 11.6 Å². The molecule has 1 N–H and O–H groups in total. The molecule has 1 atom stereocenters. The molecule has 0 saturated heterocycles. The lowest BCUT2D eigenvalue weighted by Gasteiger charge is -2.19. The summed E-state index contributed by atoms with van der Waals surface area (Å²) in [5, 5.41) is 5.17. The van der Waals surface area contributed by atoms with Gasteiger partial charge in [-0.3, -0.25) is 0 Å². The highest BCUT2D eigenvalue weighted by atomic mass is 79.9. The summed E-state index contributed by atoms with van der Waals surface area (Å²) in [7, 11) is 2.05. The van der Waals surface area contributed by atoms with E-state index in [2.05, 4.69) is 45.1 Å². The molecule has 0 spiro atoms. The SMILES string of the molecule is CNC(CSC1CCCC1)Cc1ccc(Br)cc1Cl. The summed E-state index contributed by atoms with van der Waals surface area (Å²) < 4.78 is 1.04. The molecule has 0 heterocycles. The van der Waals surface area contributed by atoms with Crippen molar-refractivity contribution in [1.29, 1.82) is 0 Å². The molecule has 4 heteroatoms. The lowest BCUT2D eigenvalue weighted by molar-refractivity contribution is 0.616. The molecular weight excluding hydrogens is 342 g/mol. The van der Waals surface area contributed by atoms with Crippen molar-refractivity contribution in [3.8, 4) is 0 Å². The van der Waals surface area contributed by atoms with Gasteiger partial charge in [0.2, 0.25) is 0 Å². The minimum Gasteiger partial charge on any atom is -0.316 e. The molecule has 1 aromatic rings. The molecule has 0 aliphatic heterocycles. The summed E-state index contributed by atoms with van der Waals surface area (Å²) >= 11 is 11.9. The van der Waals surface area contributed by atoms with Gasteiger partial charge in [-0.25, -0.2) is 0 Å². The van der Waals surface area contributed by atoms with Gasteiger partial charge >= 0.3 is 0 Å². The van der Waals surface area contributed by atoms with Crippen LogP contribution in [-0.2, 0) is 6.42 Å². The average molecular weight is 363 g/mol. The number of thioether (sulfide) groups is 1. The molecule has 1 saturated carbocycles. The first-order valence-corrected chi connectivity index (χ1v) is 9.14. The second-order valence-electron chi connectivity index (χ2n) is 5.17. The standard InChI is InChI=1S/C15H21BrClNS/c1-18-13(10-19-14-4-2-3-5-14)8-11-6-7-12(16)9-15(11)17/h6-7,9,13-14,18H,2-5,8,10H2,1H3. The molecular formula is C15H21BrClNS. The Labute approximate surface area is 134 Å². The molecule has 2 rings (SSSR count). The molecule has 1 aromatic carbocycles. The third-order valence-electron chi connectivity index (χ3n) is 3.72. The van der Waals surface area contributed by atoms with E-state index in [0.717, 1.165) is 21.2 Å². The minimum absolute atomic E-state index is 0.504. The van der Waals surface area contributed by atoms with Crippen molar-refractivity contribution in [2.24, 2.45) is 0 Å². The van der Waals surface area contributed by atoms with Gasteiger partial charge in [-0.05, 0) is 44.0 Å². The zero-order valence-corrected chi connectivity index (χ0v) is 14.5. The summed E-state index contributed by atoms with van der Waals surface area (Å²) in [6.45, 7) is 0. The predicted molar refractivity (Wildman–Crippen MR) is 90.4 cm³/mol. The highest BCUT2D eigenvalue weighted by molar-refractivity contribution is 9.10. The Balaban J connectivity index is 1.86. The zero-order chi connectivity index (χ0) is 13.7. The number of likely N-dealkylation sites (N-methyl/N-ethyl adjacent to an activating group) is 1. The maximum Gasteiger partial charge on any atom is 0.0449 e. The molecule has 0 amide bonds. The molecule has 0 bridgehead atoms. The number of rotatable bonds is 6. The van der Waals surface area contributed by atoms with Crippen LogP contribution in [0.3, 0.4) is 0 Å².